The molecule has 3 aromatic rings. The number of hydrogen-bond acceptors (Lipinski definition) is 7. The van der Waals surface area contributed by atoms with E-state index >= 15 is 4.39 Å². The number of anilines is 2. The first-order valence-electron chi connectivity index (χ1n) is 11.2. The molecule has 5 rings (SSSR count). The van der Waals surface area contributed by atoms with Gasteiger partial charge in [-0.15, -0.1) is 5.10 Å². The van der Waals surface area contributed by atoms with E-state index in [0.29, 0.717) is 42.3 Å². The number of pyridine rings is 1. The van der Waals surface area contributed by atoms with Crippen LogP contribution in [0.15, 0.2) is 30.5 Å². The standard InChI is InChI=1S/C24H26F3N5O2/c1-13(18-5-4-6-20(21(18)25)24(26,27)12-33-3)29-23-19-8-15(9-28-22(19)14(2)30-31-23)32-16-7-17(32)11-34-10-16/h4-6,8-9,13,16-17H,7,10-12H2,1-3H3,(H,29,31)/t13-,16?,17?/m1/s1. The smallest absolute Gasteiger partial charge is 0.298 e. The lowest BCUT2D eigenvalue weighted by Crippen LogP contribution is -2.64. The summed E-state index contributed by atoms with van der Waals surface area (Å²) < 4.78 is 54.0. The fraction of sp³-hybridized carbons (Fsp3) is 0.458. The van der Waals surface area contributed by atoms with Crippen molar-refractivity contribution in [2.24, 2.45) is 0 Å². The summed E-state index contributed by atoms with van der Waals surface area (Å²) in [5, 5.41) is 12.4. The lowest BCUT2D eigenvalue weighted by molar-refractivity contribution is -0.0722. The van der Waals surface area contributed by atoms with Gasteiger partial charge in [0.1, 0.15) is 12.4 Å². The van der Waals surface area contributed by atoms with E-state index in [4.69, 9.17) is 4.74 Å². The Kier molecular flexibility index (Phi) is 5.81. The summed E-state index contributed by atoms with van der Waals surface area (Å²) in [6.07, 6.45) is 2.92. The van der Waals surface area contributed by atoms with Crippen LogP contribution in [0.2, 0.25) is 0 Å². The number of rotatable bonds is 7. The zero-order valence-electron chi connectivity index (χ0n) is 19.2. The van der Waals surface area contributed by atoms with Crippen molar-refractivity contribution in [1.29, 1.82) is 0 Å². The van der Waals surface area contributed by atoms with Crippen molar-refractivity contribution in [3.05, 3.63) is 53.1 Å². The Hall–Kier alpha value is -2.98. The molecule has 2 bridgehead atoms. The number of morpholine rings is 1. The maximum Gasteiger partial charge on any atom is 0.298 e. The molecule has 2 aliphatic rings. The molecule has 3 atom stereocenters. The third-order valence-electron chi connectivity index (χ3n) is 6.59. The van der Waals surface area contributed by atoms with Crippen molar-refractivity contribution in [1.82, 2.24) is 15.2 Å². The van der Waals surface area contributed by atoms with E-state index in [9.17, 15) is 8.78 Å². The fourth-order valence-corrected chi connectivity index (χ4v) is 4.86. The molecule has 4 heterocycles. The van der Waals surface area contributed by atoms with Crippen LogP contribution < -0.4 is 10.2 Å². The van der Waals surface area contributed by atoms with E-state index < -0.39 is 30.0 Å². The third kappa shape index (κ3) is 3.84. The Morgan fingerprint density at radius 2 is 2.03 bits per heavy atom. The molecule has 10 heteroatoms. The molecular weight excluding hydrogens is 447 g/mol. The summed E-state index contributed by atoms with van der Waals surface area (Å²) in [4.78, 5) is 6.93. The molecule has 0 amide bonds. The second-order valence-corrected chi connectivity index (χ2v) is 8.92. The quantitative estimate of drug-likeness (QED) is 0.547. The molecule has 1 N–H and O–H groups in total. The Labute approximate surface area is 195 Å². The predicted molar refractivity (Wildman–Crippen MR) is 122 cm³/mol. The first kappa shape index (κ1) is 22.8. The van der Waals surface area contributed by atoms with E-state index in [2.05, 4.69) is 30.1 Å². The first-order chi connectivity index (χ1) is 16.3. The molecule has 2 unspecified atom stereocenters. The minimum atomic E-state index is -3.44. The van der Waals surface area contributed by atoms with Gasteiger partial charge in [0.15, 0.2) is 5.82 Å². The van der Waals surface area contributed by atoms with Crippen LogP contribution in [0.4, 0.5) is 24.7 Å². The number of aromatic nitrogens is 3. The normalized spacial score (nSPS) is 20.8. The molecule has 34 heavy (non-hydrogen) atoms. The molecule has 1 aromatic carbocycles. The van der Waals surface area contributed by atoms with Crippen LogP contribution in [0.3, 0.4) is 0 Å². The number of benzene rings is 1. The van der Waals surface area contributed by atoms with Gasteiger partial charge in [0.25, 0.3) is 5.92 Å². The maximum absolute atomic E-state index is 15.1. The average molecular weight is 473 g/mol. The summed E-state index contributed by atoms with van der Waals surface area (Å²) in [6, 6.07) is 5.98. The zero-order valence-corrected chi connectivity index (χ0v) is 19.2. The number of fused-ring (bicyclic) bond motifs is 3. The number of ether oxygens (including phenoxy) is 2. The molecule has 7 nitrogen and oxygen atoms in total. The van der Waals surface area contributed by atoms with Gasteiger partial charge in [-0.2, -0.15) is 13.9 Å². The van der Waals surface area contributed by atoms with Crippen LogP contribution in [0.1, 0.15) is 36.2 Å². The molecule has 0 spiro atoms. The van der Waals surface area contributed by atoms with E-state index in [0.717, 1.165) is 30.7 Å². The number of aryl methyl sites for hydroxylation is 1. The highest BCUT2D eigenvalue weighted by Crippen LogP contribution is 2.38. The summed E-state index contributed by atoms with van der Waals surface area (Å²) in [6.45, 7) is 3.99. The number of alkyl halides is 2. The van der Waals surface area contributed by atoms with Gasteiger partial charge in [0, 0.05) is 18.1 Å². The molecule has 0 saturated carbocycles. The van der Waals surface area contributed by atoms with Gasteiger partial charge in [-0.05, 0) is 32.4 Å². The van der Waals surface area contributed by atoms with Crippen molar-refractivity contribution in [2.45, 2.75) is 44.3 Å². The molecule has 0 aliphatic carbocycles. The number of methoxy groups -OCH3 is 1. The van der Waals surface area contributed by atoms with Crippen LogP contribution in [0.25, 0.3) is 10.9 Å². The number of halogens is 3. The average Bonchev–Trinajstić information content (AvgIpc) is 2.81. The van der Waals surface area contributed by atoms with Crippen LogP contribution >= 0.6 is 0 Å². The molecule has 2 aromatic heterocycles. The van der Waals surface area contributed by atoms with Crippen molar-refractivity contribution >= 4 is 22.4 Å². The fourth-order valence-electron chi connectivity index (χ4n) is 4.86. The summed E-state index contributed by atoms with van der Waals surface area (Å²) in [5.41, 5.74) is 1.71. The van der Waals surface area contributed by atoms with Crippen LogP contribution in [-0.2, 0) is 15.4 Å². The SMILES string of the molecule is COCC(F)(F)c1cccc([C@@H](C)Nc2nnc(C)c3ncc(N4C5COCC4C5)cc23)c1F. The maximum atomic E-state index is 15.1. The number of hydrogen-bond donors (Lipinski definition) is 1. The summed E-state index contributed by atoms with van der Waals surface area (Å²) >= 11 is 0. The highest BCUT2D eigenvalue weighted by atomic mass is 19.3. The Balaban J connectivity index is 1.48. The monoisotopic (exact) mass is 473 g/mol. The van der Waals surface area contributed by atoms with Gasteiger partial charge >= 0.3 is 0 Å². The second-order valence-electron chi connectivity index (χ2n) is 8.92. The Morgan fingerprint density at radius 3 is 2.74 bits per heavy atom. The highest BCUT2D eigenvalue weighted by molar-refractivity contribution is 5.92. The molecule has 2 saturated heterocycles. The van der Waals surface area contributed by atoms with Crippen molar-refractivity contribution in [3.8, 4) is 0 Å². The molecule has 180 valence electrons. The zero-order chi connectivity index (χ0) is 24.0. The molecule has 0 radical (unpaired) electrons. The molecular formula is C24H26F3N5O2. The second kappa shape index (κ2) is 8.66. The predicted octanol–water partition coefficient (Wildman–Crippen LogP) is 4.36. The lowest BCUT2D eigenvalue weighted by atomic mass is 9.90. The highest BCUT2D eigenvalue weighted by Gasteiger charge is 2.42. The largest absolute Gasteiger partial charge is 0.378 e. The topological polar surface area (TPSA) is 72.4 Å². The van der Waals surface area contributed by atoms with E-state index in [1.807, 2.05) is 19.2 Å². The Morgan fingerprint density at radius 1 is 1.26 bits per heavy atom. The van der Waals surface area contributed by atoms with Crippen molar-refractivity contribution < 1.29 is 22.6 Å². The van der Waals surface area contributed by atoms with Gasteiger partial charge in [0.05, 0.1) is 60.0 Å². The van der Waals surface area contributed by atoms with E-state index in [-0.39, 0.29) is 5.56 Å². The van der Waals surface area contributed by atoms with Crippen molar-refractivity contribution in [2.75, 3.05) is 37.1 Å². The minimum absolute atomic E-state index is 0.0994. The molecule has 2 fully saturated rings. The van der Waals surface area contributed by atoms with Gasteiger partial charge in [-0.25, -0.2) is 4.39 Å². The summed E-state index contributed by atoms with van der Waals surface area (Å²) in [5.74, 6) is -4.00. The summed E-state index contributed by atoms with van der Waals surface area (Å²) in [7, 11) is 1.16. The van der Waals surface area contributed by atoms with Crippen LogP contribution in [-0.4, -0.2) is 54.2 Å². The first-order valence-corrected chi connectivity index (χ1v) is 11.2. The van der Waals surface area contributed by atoms with Gasteiger partial charge in [0.2, 0.25) is 0 Å². The van der Waals surface area contributed by atoms with Crippen LogP contribution in [0.5, 0.6) is 0 Å². The Bertz CT molecular complexity index is 1210. The lowest BCUT2D eigenvalue weighted by Gasteiger charge is -2.53. The number of nitrogens with one attached hydrogen (secondary N) is 1. The van der Waals surface area contributed by atoms with E-state index in [1.165, 1.54) is 12.1 Å². The van der Waals surface area contributed by atoms with Gasteiger partial charge in [-0.1, -0.05) is 12.1 Å². The van der Waals surface area contributed by atoms with Crippen molar-refractivity contribution in [3.63, 3.8) is 0 Å². The van der Waals surface area contributed by atoms with E-state index in [1.54, 1.807) is 6.92 Å². The molecule has 2 aliphatic heterocycles. The van der Waals surface area contributed by atoms with Crippen LogP contribution in [0, 0.1) is 12.7 Å². The third-order valence-corrected chi connectivity index (χ3v) is 6.59. The number of nitrogens with zero attached hydrogens (tertiary/aromatic N) is 4. The minimum Gasteiger partial charge on any atom is -0.378 e. The van der Waals surface area contributed by atoms with Gasteiger partial charge in [-0.3, -0.25) is 4.98 Å². The van der Waals surface area contributed by atoms with Gasteiger partial charge < -0.3 is 19.7 Å².